The molecule has 0 rings (SSSR count). The molecule has 70 valence electrons. The summed E-state index contributed by atoms with van der Waals surface area (Å²) in [4.78, 5) is 0. The van der Waals surface area contributed by atoms with Crippen molar-refractivity contribution in [2.45, 2.75) is 52.4 Å². The zero-order valence-electron chi connectivity index (χ0n) is 8.60. The SMILES string of the molecule is C=CCCC(=CCC)CCCC. The molecule has 0 saturated heterocycles. The fourth-order valence-electron chi connectivity index (χ4n) is 1.31. The predicted molar refractivity (Wildman–Crippen MR) is 57.3 cm³/mol. The predicted octanol–water partition coefficient (Wildman–Crippen LogP) is 4.48. The Hall–Kier alpha value is -0.520. The summed E-state index contributed by atoms with van der Waals surface area (Å²) in [5, 5.41) is 0. The van der Waals surface area contributed by atoms with Crippen molar-refractivity contribution in [3.05, 3.63) is 24.3 Å². The van der Waals surface area contributed by atoms with E-state index in [0.29, 0.717) is 0 Å². The van der Waals surface area contributed by atoms with Crippen molar-refractivity contribution in [1.82, 2.24) is 0 Å². The second-order valence-corrected chi connectivity index (χ2v) is 3.20. The molecule has 0 aromatic rings. The van der Waals surface area contributed by atoms with Crippen molar-refractivity contribution < 1.29 is 0 Å². The first kappa shape index (κ1) is 11.5. The third kappa shape index (κ3) is 6.21. The van der Waals surface area contributed by atoms with Gasteiger partial charge in [0.05, 0.1) is 0 Å². The Kier molecular flexibility index (Phi) is 8.20. The van der Waals surface area contributed by atoms with Crippen LogP contribution in [0.25, 0.3) is 0 Å². The van der Waals surface area contributed by atoms with Crippen LogP contribution >= 0.6 is 0 Å². The highest BCUT2D eigenvalue weighted by Crippen LogP contribution is 2.14. The lowest BCUT2D eigenvalue weighted by atomic mass is 10.0. The largest absolute Gasteiger partial charge is 0.103 e. The van der Waals surface area contributed by atoms with E-state index in [9.17, 15) is 0 Å². The Morgan fingerprint density at radius 3 is 2.50 bits per heavy atom. The highest BCUT2D eigenvalue weighted by Gasteiger charge is 1.94. The van der Waals surface area contributed by atoms with E-state index >= 15 is 0 Å². The van der Waals surface area contributed by atoms with Crippen LogP contribution in [0.1, 0.15) is 52.4 Å². The van der Waals surface area contributed by atoms with Crippen molar-refractivity contribution in [2.24, 2.45) is 0 Å². The van der Waals surface area contributed by atoms with Crippen molar-refractivity contribution in [3.8, 4) is 0 Å². The molecule has 0 heteroatoms. The Bertz CT molecular complexity index is 131. The van der Waals surface area contributed by atoms with E-state index in [1.165, 1.54) is 32.1 Å². The quantitative estimate of drug-likeness (QED) is 0.489. The zero-order valence-corrected chi connectivity index (χ0v) is 8.60. The van der Waals surface area contributed by atoms with Gasteiger partial charge in [0, 0.05) is 0 Å². The first-order valence-corrected chi connectivity index (χ1v) is 5.13. The molecule has 0 heterocycles. The minimum atomic E-state index is 1.13. The summed E-state index contributed by atoms with van der Waals surface area (Å²) < 4.78 is 0. The topological polar surface area (TPSA) is 0 Å². The van der Waals surface area contributed by atoms with Gasteiger partial charge in [-0.1, -0.05) is 38.0 Å². The third-order valence-corrected chi connectivity index (χ3v) is 2.01. The molecule has 0 aliphatic rings. The smallest absolute Gasteiger partial charge is 0.0286 e. The normalized spacial score (nSPS) is 11.7. The Morgan fingerprint density at radius 2 is 2.00 bits per heavy atom. The van der Waals surface area contributed by atoms with Crippen molar-refractivity contribution in [2.75, 3.05) is 0 Å². The number of unbranched alkanes of at least 4 members (excludes halogenated alkanes) is 1. The Morgan fingerprint density at radius 1 is 1.25 bits per heavy atom. The van der Waals surface area contributed by atoms with Gasteiger partial charge < -0.3 is 0 Å². The van der Waals surface area contributed by atoms with Gasteiger partial charge in [0.15, 0.2) is 0 Å². The van der Waals surface area contributed by atoms with Crippen LogP contribution in [0.3, 0.4) is 0 Å². The van der Waals surface area contributed by atoms with Crippen LogP contribution in [0.5, 0.6) is 0 Å². The number of allylic oxidation sites excluding steroid dienone is 3. The lowest BCUT2D eigenvalue weighted by molar-refractivity contribution is 0.750. The van der Waals surface area contributed by atoms with Gasteiger partial charge >= 0.3 is 0 Å². The molecule has 0 bridgehead atoms. The molecular formula is C12H22. The molecule has 0 nitrogen and oxygen atoms in total. The van der Waals surface area contributed by atoms with Crippen molar-refractivity contribution in [3.63, 3.8) is 0 Å². The molecule has 12 heavy (non-hydrogen) atoms. The Balaban J connectivity index is 3.69. The van der Waals surface area contributed by atoms with Crippen LogP contribution in [0.4, 0.5) is 0 Å². The molecule has 0 spiro atoms. The summed E-state index contributed by atoms with van der Waals surface area (Å²) in [6.07, 6.45) is 11.8. The van der Waals surface area contributed by atoms with Crippen LogP contribution in [-0.2, 0) is 0 Å². The molecule has 0 aliphatic heterocycles. The minimum Gasteiger partial charge on any atom is -0.103 e. The molecular weight excluding hydrogens is 144 g/mol. The first-order chi connectivity index (χ1) is 5.85. The average Bonchev–Trinajstić information content (AvgIpc) is 2.10. The lowest BCUT2D eigenvalue weighted by Crippen LogP contribution is -1.84. The molecule has 0 aromatic heterocycles. The van der Waals surface area contributed by atoms with E-state index < -0.39 is 0 Å². The van der Waals surface area contributed by atoms with Crippen LogP contribution in [0.2, 0.25) is 0 Å². The minimum absolute atomic E-state index is 1.13. The molecule has 0 amide bonds. The summed E-state index contributed by atoms with van der Waals surface area (Å²) in [5.74, 6) is 0. The monoisotopic (exact) mass is 166 g/mol. The second-order valence-electron chi connectivity index (χ2n) is 3.20. The van der Waals surface area contributed by atoms with Crippen molar-refractivity contribution >= 4 is 0 Å². The molecule has 0 saturated carbocycles. The molecule has 0 aliphatic carbocycles. The summed E-state index contributed by atoms with van der Waals surface area (Å²) >= 11 is 0. The maximum Gasteiger partial charge on any atom is -0.0286 e. The van der Waals surface area contributed by atoms with Gasteiger partial charge in [-0.25, -0.2) is 0 Å². The zero-order chi connectivity index (χ0) is 9.23. The molecule has 0 N–H and O–H groups in total. The highest BCUT2D eigenvalue weighted by atomic mass is 14.0. The number of hydrogen-bond acceptors (Lipinski definition) is 0. The molecule has 0 atom stereocenters. The van der Waals surface area contributed by atoms with E-state index in [4.69, 9.17) is 0 Å². The van der Waals surface area contributed by atoms with Crippen LogP contribution in [-0.4, -0.2) is 0 Å². The van der Waals surface area contributed by atoms with Gasteiger partial charge in [0.2, 0.25) is 0 Å². The van der Waals surface area contributed by atoms with E-state index in [-0.39, 0.29) is 0 Å². The fraction of sp³-hybridized carbons (Fsp3) is 0.667. The molecule has 0 fully saturated rings. The standard InChI is InChI=1S/C12H22/c1-4-7-10-12(9-6-3)11-8-5-2/h4,9H,1,5-8,10-11H2,2-3H3. The van der Waals surface area contributed by atoms with Crippen molar-refractivity contribution in [1.29, 1.82) is 0 Å². The van der Waals surface area contributed by atoms with E-state index in [1.807, 2.05) is 6.08 Å². The Labute approximate surface area is 77.4 Å². The molecule has 0 radical (unpaired) electrons. The van der Waals surface area contributed by atoms with Gasteiger partial charge in [0.25, 0.3) is 0 Å². The fourth-order valence-corrected chi connectivity index (χ4v) is 1.31. The van der Waals surface area contributed by atoms with Crippen LogP contribution in [0, 0.1) is 0 Å². The third-order valence-electron chi connectivity index (χ3n) is 2.01. The maximum atomic E-state index is 3.75. The van der Waals surface area contributed by atoms with Crippen LogP contribution in [0.15, 0.2) is 24.3 Å². The molecule has 0 aromatic carbocycles. The summed E-state index contributed by atoms with van der Waals surface area (Å²) in [6, 6.07) is 0. The van der Waals surface area contributed by atoms with E-state index in [2.05, 4.69) is 26.5 Å². The average molecular weight is 166 g/mol. The maximum absolute atomic E-state index is 3.75. The summed E-state index contributed by atoms with van der Waals surface area (Å²) in [7, 11) is 0. The van der Waals surface area contributed by atoms with E-state index in [0.717, 1.165) is 6.42 Å². The number of hydrogen-bond donors (Lipinski definition) is 0. The van der Waals surface area contributed by atoms with Gasteiger partial charge in [0.1, 0.15) is 0 Å². The summed E-state index contributed by atoms with van der Waals surface area (Å²) in [6.45, 7) is 8.20. The highest BCUT2D eigenvalue weighted by molar-refractivity contribution is 5.02. The molecule has 0 unspecified atom stereocenters. The van der Waals surface area contributed by atoms with Gasteiger partial charge in [-0.15, -0.1) is 6.58 Å². The van der Waals surface area contributed by atoms with Gasteiger partial charge in [-0.05, 0) is 32.1 Å². The van der Waals surface area contributed by atoms with Gasteiger partial charge in [-0.3, -0.25) is 0 Å². The van der Waals surface area contributed by atoms with Crippen LogP contribution < -0.4 is 0 Å². The van der Waals surface area contributed by atoms with E-state index in [1.54, 1.807) is 5.57 Å². The first-order valence-electron chi connectivity index (χ1n) is 5.13. The summed E-state index contributed by atoms with van der Waals surface area (Å²) in [5.41, 5.74) is 1.62. The lowest BCUT2D eigenvalue weighted by Gasteiger charge is -2.04. The van der Waals surface area contributed by atoms with Gasteiger partial charge in [-0.2, -0.15) is 0 Å². The second kappa shape index (κ2) is 8.58. The number of rotatable bonds is 7.